The number of rotatable bonds is 7. The van der Waals surface area contributed by atoms with E-state index in [-0.39, 0.29) is 12.5 Å². The lowest BCUT2D eigenvalue weighted by Gasteiger charge is -2.21. The van der Waals surface area contributed by atoms with E-state index in [4.69, 9.17) is 14.5 Å². The lowest BCUT2D eigenvalue weighted by atomic mass is 10.0. The van der Waals surface area contributed by atoms with Gasteiger partial charge in [0.15, 0.2) is 5.13 Å². The molecule has 0 saturated heterocycles. The second-order valence-electron chi connectivity index (χ2n) is 7.67. The van der Waals surface area contributed by atoms with Crippen LogP contribution in [-0.4, -0.2) is 29.6 Å². The molecule has 0 aliphatic rings. The standard InChI is InChI=1S/C27H23N3O3S/c1-3-33-21-11-12-23-25(16-21)34-27(29-23)30(17-20-10-6-7-13-28-20)26(31)22-14-18-8-4-5-9-19(18)15-24(22)32-2/h4-16H,3,17H2,1-2H3. The number of benzene rings is 3. The number of ether oxygens (including phenoxy) is 2. The van der Waals surface area contributed by atoms with Gasteiger partial charge in [-0.05, 0) is 60.2 Å². The highest BCUT2D eigenvalue weighted by atomic mass is 32.1. The van der Waals surface area contributed by atoms with Gasteiger partial charge in [0, 0.05) is 6.20 Å². The van der Waals surface area contributed by atoms with Gasteiger partial charge in [-0.25, -0.2) is 4.98 Å². The maximum absolute atomic E-state index is 14.0. The van der Waals surface area contributed by atoms with E-state index in [9.17, 15) is 4.79 Å². The maximum Gasteiger partial charge on any atom is 0.264 e. The summed E-state index contributed by atoms with van der Waals surface area (Å²) in [5.41, 5.74) is 2.06. The van der Waals surface area contributed by atoms with E-state index in [1.54, 1.807) is 18.2 Å². The van der Waals surface area contributed by atoms with Crippen LogP contribution in [0.4, 0.5) is 5.13 Å². The molecule has 6 nitrogen and oxygen atoms in total. The predicted molar refractivity (Wildman–Crippen MR) is 136 cm³/mol. The molecule has 2 aromatic heterocycles. The molecule has 0 unspecified atom stereocenters. The summed E-state index contributed by atoms with van der Waals surface area (Å²) in [7, 11) is 1.58. The Morgan fingerprint density at radius 1 is 1.00 bits per heavy atom. The van der Waals surface area contributed by atoms with Gasteiger partial charge in [-0.3, -0.25) is 14.7 Å². The molecule has 0 N–H and O–H groups in total. The van der Waals surface area contributed by atoms with Gasteiger partial charge in [0.25, 0.3) is 5.91 Å². The number of nitrogens with zero attached hydrogens (tertiary/aromatic N) is 3. The summed E-state index contributed by atoms with van der Waals surface area (Å²) in [6.07, 6.45) is 1.72. The summed E-state index contributed by atoms with van der Waals surface area (Å²) >= 11 is 1.45. The SMILES string of the molecule is CCOc1ccc2nc(N(Cc3ccccn3)C(=O)c3cc4ccccc4cc3OC)sc2c1. The Bertz CT molecular complexity index is 1470. The summed E-state index contributed by atoms with van der Waals surface area (Å²) in [6.45, 7) is 2.82. The number of hydrogen-bond donors (Lipinski definition) is 0. The Kier molecular flexibility index (Phi) is 6.10. The van der Waals surface area contributed by atoms with Crippen molar-refractivity contribution in [3.63, 3.8) is 0 Å². The van der Waals surface area contributed by atoms with Gasteiger partial charge >= 0.3 is 0 Å². The van der Waals surface area contributed by atoms with Crippen molar-refractivity contribution in [2.75, 3.05) is 18.6 Å². The van der Waals surface area contributed by atoms with Crippen molar-refractivity contribution in [1.82, 2.24) is 9.97 Å². The van der Waals surface area contributed by atoms with Crippen LogP contribution in [0.1, 0.15) is 23.0 Å². The summed E-state index contributed by atoms with van der Waals surface area (Å²) in [5, 5.41) is 2.57. The third-order valence-electron chi connectivity index (χ3n) is 5.48. The first kappa shape index (κ1) is 21.9. The molecule has 0 saturated carbocycles. The molecule has 5 rings (SSSR count). The molecule has 34 heavy (non-hydrogen) atoms. The Hall–Kier alpha value is -3.97. The van der Waals surface area contributed by atoms with Gasteiger partial charge in [-0.2, -0.15) is 0 Å². The van der Waals surface area contributed by atoms with Gasteiger partial charge in [0.2, 0.25) is 0 Å². The van der Waals surface area contributed by atoms with E-state index < -0.39 is 0 Å². The second-order valence-corrected chi connectivity index (χ2v) is 8.68. The number of hydrogen-bond acceptors (Lipinski definition) is 6. The van der Waals surface area contributed by atoms with Crippen molar-refractivity contribution in [1.29, 1.82) is 0 Å². The average molecular weight is 470 g/mol. The Morgan fingerprint density at radius 3 is 2.53 bits per heavy atom. The van der Waals surface area contributed by atoms with E-state index in [2.05, 4.69) is 4.98 Å². The summed E-state index contributed by atoms with van der Waals surface area (Å²) < 4.78 is 12.2. The normalized spacial score (nSPS) is 11.0. The van der Waals surface area contributed by atoms with Crippen molar-refractivity contribution in [3.05, 3.63) is 90.3 Å². The molecule has 0 atom stereocenters. The van der Waals surface area contributed by atoms with Crippen LogP contribution in [-0.2, 0) is 6.54 Å². The molecule has 2 heterocycles. The Balaban J connectivity index is 1.61. The topological polar surface area (TPSA) is 64.5 Å². The molecule has 0 radical (unpaired) electrons. The molecular formula is C27H23N3O3S. The summed E-state index contributed by atoms with van der Waals surface area (Å²) in [6, 6.07) is 23.1. The molecule has 1 amide bonds. The zero-order valence-corrected chi connectivity index (χ0v) is 19.7. The molecule has 3 aromatic carbocycles. The van der Waals surface area contributed by atoms with E-state index in [0.29, 0.717) is 23.1 Å². The van der Waals surface area contributed by atoms with Crippen LogP contribution in [0.2, 0.25) is 0 Å². The quantitative estimate of drug-likeness (QED) is 0.288. The van der Waals surface area contributed by atoms with Crippen LogP contribution in [0.25, 0.3) is 21.0 Å². The number of aromatic nitrogens is 2. The van der Waals surface area contributed by atoms with Crippen LogP contribution in [0.5, 0.6) is 11.5 Å². The first-order valence-corrected chi connectivity index (χ1v) is 11.8. The number of pyridine rings is 1. The molecule has 0 spiro atoms. The first-order chi connectivity index (χ1) is 16.7. The number of carbonyl (C=O) groups excluding carboxylic acids is 1. The van der Waals surface area contributed by atoms with Crippen LogP contribution < -0.4 is 14.4 Å². The number of carbonyl (C=O) groups is 1. The van der Waals surface area contributed by atoms with Crippen LogP contribution in [0.15, 0.2) is 79.0 Å². The number of thiazole rings is 1. The van der Waals surface area contributed by atoms with E-state index in [1.807, 2.05) is 79.7 Å². The summed E-state index contributed by atoms with van der Waals surface area (Å²) in [5.74, 6) is 1.11. The third-order valence-corrected chi connectivity index (χ3v) is 6.52. The fraction of sp³-hybridized carbons (Fsp3) is 0.148. The minimum atomic E-state index is -0.197. The van der Waals surface area contributed by atoms with Gasteiger partial charge in [-0.1, -0.05) is 41.7 Å². The largest absolute Gasteiger partial charge is 0.496 e. The first-order valence-electron chi connectivity index (χ1n) is 11.0. The highest BCUT2D eigenvalue weighted by Crippen LogP contribution is 2.35. The van der Waals surface area contributed by atoms with Crippen molar-refractivity contribution < 1.29 is 14.3 Å². The monoisotopic (exact) mass is 469 g/mol. The molecule has 0 aliphatic carbocycles. The fourth-order valence-corrected chi connectivity index (χ4v) is 4.84. The van der Waals surface area contributed by atoms with E-state index in [1.165, 1.54) is 11.3 Å². The highest BCUT2D eigenvalue weighted by molar-refractivity contribution is 7.22. The molecule has 0 aliphatic heterocycles. The third kappa shape index (κ3) is 4.30. The molecule has 170 valence electrons. The molecule has 0 fully saturated rings. The van der Waals surface area contributed by atoms with Crippen molar-refractivity contribution in [2.24, 2.45) is 0 Å². The summed E-state index contributed by atoms with van der Waals surface area (Å²) in [4.78, 5) is 24.9. The average Bonchev–Trinajstić information content (AvgIpc) is 3.30. The lowest BCUT2D eigenvalue weighted by Crippen LogP contribution is -2.31. The van der Waals surface area contributed by atoms with Crippen molar-refractivity contribution in [3.8, 4) is 11.5 Å². The van der Waals surface area contributed by atoms with Crippen molar-refractivity contribution in [2.45, 2.75) is 13.5 Å². The van der Waals surface area contributed by atoms with E-state index in [0.717, 1.165) is 32.4 Å². The fourth-order valence-electron chi connectivity index (χ4n) is 3.85. The van der Waals surface area contributed by atoms with E-state index >= 15 is 0 Å². The predicted octanol–water partition coefficient (Wildman–Crippen LogP) is 6.10. The number of anilines is 1. The minimum absolute atomic E-state index is 0.197. The molecule has 7 heteroatoms. The lowest BCUT2D eigenvalue weighted by molar-refractivity contribution is 0.0982. The maximum atomic E-state index is 14.0. The molecular weight excluding hydrogens is 446 g/mol. The number of amides is 1. The van der Waals surface area contributed by atoms with Gasteiger partial charge in [0.1, 0.15) is 11.5 Å². The van der Waals surface area contributed by atoms with Gasteiger partial charge in [0.05, 0.1) is 41.7 Å². The zero-order chi connectivity index (χ0) is 23.5. The second kappa shape index (κ2) is 9.49. The smallest absolute Gasteiger partial charge is 0.264 e. The van der Waals surface area contributed by atoms with Crippen LogP contribution in [0.3, 0.4) is 0 Å². The molecule has 5 aromatic rings. The Morgan fingerprint density at radius 2 is 1.79 bits per heavy atom. The highest BCUT2D eigenvalue weighted by Gasteiger charge is 2.25. The minimum Gasteiger partial charge on any atom is -0.496 e. The molecule has 0 bridgehead atoms. The Labute approximate surface area is 201 Å². The van der Waals surface area contributed by atoms with Gasteiger partial charge in [-0.15, -0.1) is 0 Å². The van der Waals surface area contributed by atoms with Gasteiger partial charge < -0.3 is 9.47 Å². The number of methoxy groups -OCH3 is 1. The van der Waals surface area contributed by atoms with Crippen LogP contribution in [0, 0.1) is 0 Å². The number of fused-ring (bicyclic) bond motifs is 2. The zero-order valence-electron chi connectivity index (χ0n) is 18.9. The van der Waals surface area contributed by atoms with Crippen molar-refractivity contribution >= 4 is 43.4 Å². The van der Waals surface area contributed by atoms with Crippen LogP contribution >= 0.6 is 11.3 Å².